The molecule has 2 N–H and O–H groups in total. The zero-order valence-electron chi connectivity index (χ0n) is 17.0. The number of carbonyl (C=O) groups excluding carboxylic acids is 1. The summed E-state index contributed by atoms with van der Waals surface area (Å²) in [7, 11) is 1.52. The minimum Gasteiger partial charge on any atom is -0.496 e. The summed E-state index contributed by atoms with van der Waals surface area (Å²) in [6.07, 6.45) is 0. The standard InChI is InChI=1S/C23H17Cl2N3O3S/c1-12-4-3-5-16(20(12)30-2)21(29)28-23(32)26-14-7-9-19-18(11-14)27-22(31-19)15-8-6-13(24)10-17(15)25/h3-11H,1-2H3,(H2,26,28,29,32). The Morgan fingerprint density at radius 2 is 1.94 bits per heavy atom. The Kier molecular flexibility index (Phi) is 6.32. The number of nitrogens with zero attached hydrogens (tertiary/aromatic N) is 1. The molecule has 9 heteroatoms. The zero-order valence-corrected chi connectivity index (χ0v) is 19.4. The van der Waals surface area contributed by atoms with Gasteiger partial charge in [-0.1, -0.05) is 35.3 Å². The highest BCUT2D eigenvalue weighted by Gasteiger charge is 2.16. The fourth-order valence-electron chi connectivity index (χ4n) is 3.22. The highest BCUT2D eigenvalue weighted by Crippen LogP contribution is 2.32. The van der Waals surface area contributed by atoms with Crippen molar-refractivity contribution in [1.82, 2.24) is 10.3 Å². The first kappa shape index (κ1) is 22.1. The fourth-order valence-corrected chi connectivity index (χ4v) is 3.92. The van der Waals surface area contributed by atoms with Crippen LogP contribution in [0.5, 0.6) is 5.75 Å². The number of para-hydroxylation sites is 1. The van der Waals surface area contributed by atoms with Crippen LogP contribution in [0.2, 0.25) is 10.0 Å². The molecule has 3 aromatic carbocycles. The number of fused-ring (bicyclic) bond motifs is 1. The SMILES string of the molecule is COc1c(C)cccc1C(=O)NC(=S)Nc1ccc2oc(-c3ccc(Cl)cc3Cl)nc2c1. The number of thiocarbonyl (C=S) groups is 1. The van der Waals surface area contributed by atoms with Gasteiger partial charge in [0.2, 0.25) is 5.89 Å². The predicted molar refractivity (Wildman–Crippen MR) is 131 cm³/mol. The summed E-state index contributed by atoms with van der Waals surface area (Å²) < 4.78 is 11.2. The Balaban J connectivity index is 1.51. The average Bonchev–Trinajstić information content (AvgIpc) is 3.16. The second-order valence-corrected chi connectivity index (χ2v) is 8.14. The number of anilines is 1. The molecule has 162 valence electrons. The molecule has 0 aliphatic carbocycles. The molecule has 0 saturated heterocycles. The topological polar surface area (TPSA) is 76.4 Å². The lowest BCUT2D eigenvalue weighted by molar-refractivity contribution is 0.0974. The molecule has 0 radical (unpaired) electrons. The third kappa shape index (κ3) is 4.55. The molecule has 0 spiro atoms. The monoisotopic (exact) mass is 485 g/mol. The summed E-state index contributed by atoms with van der Waals surface area (Å²) in [4.78, 5) is 17.1. The van der Waals surface area contributed by atoms with E-state index in [9.17, 15) is 4.79 Å². The molecule has 1 aromatic heterocycles. The minimum absolute atomic E-state index is 0.141. The summed E-state index contributed by atoms with van der Waals surface area (Å²) in [5.41, 5.74) is 3.71. The van der Waals surface area contributed by atoms with Gasteiger partial charge >= 0.3 is 0 Å². The van der Waals surface area contributed by atoms with E-state index in [0.717, 1.165) is 5.56 Å². The molecule has 0 bridgehead atoms. The van der Waals surface area contributed by atoms with Crippen molar-refractivity contribution in [3.63, 3.8) is 0 Å². The number of hydrogen-bond acceptors (Lipinski definition) is 5. The summed E-state index contributed by atoms with van der Waals surface area (Å²) in [5, 5.41) is 6.77. The van der Waals surface area contributed by atoms with E-state index < -0.39 is 0 Å². The van der Waals surface area contributed by atoms with Crippen molar-refractivity contribution in [1.29, 1.82) is 0 Å². The van der Waals surface area contributed by atoms with Crippen LogP contribution in [0.3, 0.4) is 0 Å². The molecule has 0 aliphatic rings. The highest BCUT2D eigenvalue weighted by molar-refractivity contribution is 7.80. The number of aromatic nitrogens is 1. The molecule has 0 aliphatic heterocycles. The zero-order chi connectivity index (χ0) is 22.8. The average molecular weight is 486 g/mol. The summed E-state index contributed by atoms with van der Waals surface area (Å²) in [6, 6.07) is 15.7. The van der Waals surface area contributed by atoms with Gasteiger partial charge in [-0.2, -0.15) is 0 Å². The molecule has 0 saturated carbocycles. The first-order chi connectivity index (χ1) is 15.4. The number of methoxy groups -OCH3 is 1. The Labute approximate surface area is 199 Å². The van der Waals surface area contributed by atoms with E-state index in [0.29, 0.717) is 49.6 Å². The maximum Gasteiger partial charge on any atom is 0.261 e. The molecule has 32 heavy (non-hydrogen) atoms. The molecule has 4 aromatic rings. The van der Waals surface area contributed by atoms with Crippen LogP contribution in [0.25, 0.3) is 22.6 Å². The number of nitrogens with one attached hydrogen (secondary N) is 2. The summed E-state index contributed by atoms with van der Waals surface area (Å²) >= 11 is 17.5. The number of amides is 1. The Morgan fingerprint density at radius 3 is 2.69 bits per heavy atom. The maximum absolute atomic E-state index is 12.6. The lowest BCUT2D eigenvalue weighted by Gasteiger charge is -2.13. The van der Waals surface area contributed by atoms with E-state index >= 15 is 0 Å². The van der Waals surface area contributed by atoms with Gasteiger partial charge in [-0.05, 0) is 67.2 Å². The molecular formula is C23H17Cl2N3O3S. The molecule has 0 atom stereocenters. The smallest absolute Gasteiger partial charge is 0.261 e. The quantitative estimate of drug-likeness (QED) is 0.333. The van der Waals surface area contributed by atoms with Crippen molar-refractivity contribution < 1.29 is 13.9 Å². The van der Waals surface area contributed by atoms with Crippen molar-refractivity contribution in [3.05, 3.63) is 75.8 Å². The molecule has 1 amide bonds. The van der Waals surface area contributed by atoms with Crippen LogP contribution >= 0.6 is 35.4 Å². The van der Waals surface area contributed by atoms with Gasteiger partial charge in [0, 0.05) is 10.7 Å². The van der Waals surface area contributed by atoms with Crippen LogP contribution in [0.4, 0.5) is 5.69 Å². The largest absolute Gasteiger partial charge is 0.496 e. The van der Waals surface area contributed by atoms with Crippen molar-refractivity contribution in [2.24, 2.45) is 0 Å². The number of carbonyl (C=O) groups is 1. The highest BCUT2D eigenvalue weighted by atomic mass is 35.5. The molecule has 0 unspecified atom stereocenters. The number of benzene rings is 3. The first-order valence-corrected chi connectivity index (χ1v) is 10.6. The number of hydrogen-bond donors (Lipinski definition) is 2. The van der Waals surface area contributed by atoms with E-state index in [2.05, 4.69) is 15.6 Å². The van der Waals surface area contributed by atoms with Crippen LogP contribution in [0.1, 0.15) is 15.9 Å². The van der Waals surface area contributed by atoms with Gasteiger partial charge in [0.25, 0.3) is 5.91 Å². The molecule has 1 heterocycles. The van der Waals surface area contributed by atoms with Gasteiger partial charge in [-0.3, -0.25) is 10.1 Å². The summed E-state index contributed by atoms with van der Waals surface area (Å²) in [5.74, 6) is 0.511. The number of rotatable bonds is 4. The van der Waals surface area contributed by atoms with E-state index in [-0.39, 0.29) is 11.0 Å². The molecular weight excluding hydrogens is 469 g/mol. The fraction of sp³-hybridized carbons (Fsp3) is 0.0870. The van der Waals surface area contributed by atoms with Gasteiger partial charge in [0.15, 0.2) is 10.7 Å². The first-order valence-electron chi connectivity index (χ1n) is 9.47. The number of aryl methyl sites for hydroxylation is 1. The lowest BCUT2D eigenvalue weighted by atomic mass is 10.1. The van der Waals surface area contributed by atoms with Crippen LogP contribution in [0.15, 0.2) is 59.0 Å². The van der Waals surface area contributed by atoms with Crippen LogP contribution in [-0.2, 0) is 0 Å². The second kappa shape index (κ2) is 9.16. The molecule has 4 rings (SSSR count). The second-order valence-electron chi connectivity index (χ2n) is 6.89. The van der Waals surface area contributed by atoms with Crippen LogP contribution < -0.4 is 15.4 Å². The van der Waals surface area contributed by atoms with E-state index in [4.69, 9.17) is 44.6 Å². The molecule has 0 fully saturated rings. The van der Waals surface area contributed by atoms with Crippen molar-refractivity contribution >= 4 is 63.2 Å². The number of oxazole rings is 1. The van der Waals surface area contributed by atoms with Crippen molar-refractivity contribution in [3.8, 4) is 17.2 Å². The maximum atomic E-state index is 12.6. The molecule has 6 nitrogen and oxygen atoms in total. The normalized spacial score (nSPS) is 10.8. The van der Waals surface area contributed by atoms with Gasteiger partial charge < -0.3 is 14.5 Å². The van der Waals surface area contributed by atoms with Gasteiger partial charge in [0.05, 0.1) is 23.3 Å². The number of ether oxygens (including phenoxy) is 1. The van der Waals surface area contributed by atoms with E-state index in [1.165, 1.54) is 7.11 Å². The Hall–Kier alpha value is -3.13. The Bertz CT molecular complexity index is 1350. The van der Waals surface area contributed by atoms with Crippen molar-refractivity contribution in [2.75, 3.05) is 12.4 Å². The Morgan fingerprint density at radius 1 is 1.12 bits per heavy atom. The van der Waals surface area contributed by atoms with Gasteiger partial charge in [0.1, 0.15) is 11.3 Å². The third-order valence-corrected chi connectivity index (χ3v) is 5.45. The van der Waals surface area contributed by atoms with Crippen LogP contribution in [-0.4, -0.2) is 23.1 Å². The summed E-state index contributed by atoms with van der Waals surface area (Å²) in [6.45, 7) is 1.87. The van der Waals surface area contributed by atoms with E-state index in [1.807, 2.05) is 13.0 Å². The number of halogens is 2. The van der Waals surface area contributed by atoms with Crippen molar-refractivity contribution in [2.45, 2.75) is 6.92 Å². The predicted octanol–water partition coefficient (Wildman–Crippen LogP) is 6.25. The minimum atomic E-state index is -0.370. The van der Waals surface area contributed by atoms with E-state index in [1.54, 1.807) is 48.5 Å². The third-order valence-electron chi connectivity index (χ3n) is 4.69. The van der Waals surface area contributed by atoms with Crippen LogP contribution in [0, 0.1) is 6.92 Å². The van der Waals surface area contributed by atoms with Gasteiger partial charge in [-0.25, -0.2) is 4.98 Å². The van der Waals surface area contributed by atoms with Gasteiger partial charge in [-0.15, -0.1) is 0 Å². The lowest BCUT2D eigenvalue weighted by Crippen LogP contribution is -2.34.